The lowest BCUT2D eigenvalue weighted by Crippen LogP contribution is -2.59. The van der Waals surface area contributed by atoms with Gasteiger partial charge in [-0.25, -0.2) is 0 Å². The fourth-order valence-electron chi connectivity index (χ4n) is 8.98. The summed E-state index contributed by atoms with van der Waals surface area (Å²) in [5, 5.41) is -1.47. The van der Waals surface area contributed by atoms with Crippen LogP contribution in [0.3, 0.4) is 0 Å². The fraction of sp³-hybridized carbons (Fsp3) is 0.742. The van der Waals surface area contributed by atoms with E-state index in [4.69, 9.17) is 4.55 Å². The van der Waals surface area contributed by atoms with E-state index in [0.29, 0.717) is 30.5 Å². The Morgan fingerprint density at radius 1 is 1.14 bits per heavy atom. The van der Waals surface area contributed by atoms with Gasteiger partial charge in [0.15, 0.2) is 4.75 Å². The molecule has 5 aliphatic rings. The summed E-state index contributed by atoms with van der Waals surface area (Å²) in [7, 11) is -5.67. The number of amides is 1. The van der Waals surface area contributed by atoms with Gasteiger partial charge in [0, 0.05) is 29.9 Å². The summed E-state index contributed by atoms with van der Waals surface area (Å²) >= 11 is 0. The number of nitrogens with zero attached hydrogens (tertiary/aromatic N) is 1. The van der Waals surface area contributed by atoms with Crippen molar-refractivity contribution >= 4 is 32.7 Å². The van der Waals surface area contributed by atoms with Crippen LogP contribution in [0, 0.1) is 24.2 Å². The molecule has 7 nitrogen and oxygen atoms in total. The van der Waals surface area contributed by atoms with E-state index in [2.05, 4.69) is 24.4 Å². The van der Waals surface area contributed by atoms with E-state index in [0.717, 1.165) is 62.5 Å². The first kappa shape index (κ1) is 31.9. The largest absolute Gasteiger partial charge is 0.384 e. The number of ketones is 1. The zero-order chi connectivity index (χ0) is 30.9. The predicted octanol–water partition coefficient (Wildman–Crippen LogP) is 4.73. The third kappa shape index (κ3) is 5.56. The fourth-order valence-corrected chi connectivity index (χ4v) is 12.0. The van der Waals surface area contributed by atoms with E-state index in [1.165, 1.54) is 5.56 Å². The van der Waals surface area contributed by atoms with Gasteiger partial charge in [0.25, 0.3) is 0 Å². The third-order valence-electron chi connectivity index (χ3n) is 10.8. The Morgan fingerprint density at radius 3 is 2.29 bits per heavy atom. The highest BCUT2D eigenvalue weighted by molar-refractivity contribution is 7.99. The van der Waals surface area contributed by atoms with E-state index < -0.39 is 26.2 Å². The minimum Gasteiger partial charge on any atom is -0.334 e. The van der Waals surface area contributed by atoms with Crippen LogP contribution in [0.5, 0.6) is 0 Å². The Bertz CT molecular complexity index is 1340. The molecule has 1 saturated heterocycles. The van der Waals surface area contributed by atoms with Crippen molar-refractivity contribution in [3.8, 4) is 0 Å². The zero-order valence-corrected chi connectivity index (χ0v) is 27.0. The summed E-state index contributed by atoms with van der Waals surface area (Å²) in [6.07, 6.45) is 5.76. The third-order valence-corrected chi connectivity index (χ3v) is 14.8. The van der Waals surface area contributed by atoms with Gasteiger partial charge in [-0.1, -0.05) is 12.1 Å². The summed E-state index contributed by atoms with van der Waals surface area (Å²) in [6.45, 7) is 10.5. The van der Waals surface area contributed by atoms with Crippen molar-refractivity contribution in [2.75, 3.05) is 31.1 Å². The van der Waals surface area contributed by atoms with Gasteiger partial charge in [-0.05, 0) is 106 Å². The maximum absolute atomic E-state index is 14.3. The molecule has 234 valence electrons. The average Bonchev–Trinajstić information content (AvgIpc) is 2.90. The van der Waals surface area contributed by atoms with Crippen LogP contribution in [0.2, 0.25) is 0 Å². The molecule has 2 N–H and O–H groups in total. The molecule has 4 bridgehead atoms. The summed E-state index contributed by atoms with van der Waals surface area (Å²) in [6, 6.07) is 4.38. The smallest absolute Gasteiger partial charge is 0.334 e. The molecule has 0 spiro atoms. The van der Waals surface area contributed by atoms with E-state index in [1.54, 1.807) is 6.92 Å². The zero-order valence-electron chi connectivity index (χ0n) is 25.3. The molecule has 11 heteroatoms. The molecule has 0 aromatic heterocycles. The van der Waals surface area contributed by atoms with Gasteiger partial charge in [0.05, 0.1) is 19.1 Å². The molecule has 5 fully saturated rings. The second kappa shape index (κ2) is 10.8. The lowest BCUT2D eigenvalue weighted by molar-refractivity contribution is -0.128. The first-order valence-corrected chi connectivity index (χ1v) is 18.1. The van der Waals surface area contributed by atoms with Gasteiger partial charge in [0.1, 0.15) is 11.5 Å². The Hall–Kier alpha value is -1.56. The Balaban J connectivity index is 1.39. The molecule has 1 aliphatic heterocycles. The molecular formula is C31H45F2N2O5S2+. The number of alkyl halides is 2. The first-order valence-electron chi connectivity index (χ1n) is 15.1. The van der Waals surface area contributed by atoms with Crippen LogP contribution in [0.1, 0.15) is 87.7 Å². The van der Waals surface area contributed by atoms with Crippen molar-refractivity contribution < 1.29 is 31.3 Å². The number of carbonyl (C=O) groups is 2. The lowest BCUT2D eigenvalue weighted by Gasteiger charge is -2.63. The first-order chi connectivity index (χ1) is 19.4. The van der Waals surface area contributed by atoms with Crippen LogP contribution >= 0.6 is 0 Å². The number of nitrogens with one attached hydrogen (secondary N) is 1. The maximum atomic E-state index is 14.3. The number of hydrogen-bond donors (Lipinski definition) is 2. The molecular weight excluding hydrogens is 582 g/mol. The van der Waals surface area contributed by atoms with E-state index in [1.807, 2.05) is 24.8 Å². The number of hydrogen-bond acceptors (Lipinski definition) is 5. The van der Waals surface area contributed by atoms with Crippen LogP contribution in [-0.4, -0.2) is 76.7 Å². The quantitative estimate of drug-likeness (QED) is 0.233. The van der Waals surface area contributed by atoms with Gasteiger partial charge in [-0.15, -0.1) is 0 Å². The molecule has 4 aliphatic carbocycles. The SMILES string of the molecule is CC(=O)N1CC[S+](C(C)(C)C(=O)c2ccc(C)c(C34CC5CC(CC(CNC(C)C(F)(F)S(=O)(=O)O)(C5)C3)C4)c2)CC1. The van der Waals surface area contributed by atoms with Gasteiger partial charge < -0.3 is 10.2 Å². The van der Waals surface area contributed by atoms with Crippen molar-refractivity contribution in [3.05, 3.63) is 34.9 Å². The van der Waals surface area contributed by atoms with Crippen LogP contribution in [0.25, 0.3) is 0 Å². The van der Waals surface area contributed by atoms with Crippen molar-refractivity contribution in [1.29, 1.82) is 0 Å². The second-order valence-corrected chi connectivity index (χ2v) is 18.5. The van der Waals surface area contributed by atoms with E-state index >= 15 is 0 Å². The van der Waals surface area contributed by atoms with Crippen LogP contribution in [0.4, 0.5) is 8.78 Å². The normalized spacial score (nSPS) is 30.9. The molecule has 0 radical (unpaired) electrons. The minimum absolute atomic E-state index is 0.0794. The molecule has 1 aromatic carbocycles. The second-order valence-electron chi connectivity index (χ2n) is 14.2. The Labute approximate surface area is 251 Å². The van der Waals surface area contributed by atoms with Gasteiger partial charge >= 0.3 is 15.4 Å². The molecule has 4 saturated carbocycles. The van der Waals surface area contributed by atoms with E-state index in [-0.39, 0.29) is 40.0 Å². The van der Waals surface area contributed by atoms with Crippen molar-refractivity contribution in [2.45, 2.75) is 94.6 Å². The monoisotopic (exact) mass is 627 g/mol. The van der Waals surface area contributed by atoms with E-state index in [9.17, 15) is 26.8 Å². The topological polar surface area (TPSA) is 104 Å². The van der Waals surface area contributed by atoms with Crippen LogP contribution < -0.4 is 5.32 Å². The minimum atomic E-state index is -5.53. The number of carbonyl (C=O) groups excluding carboxylic acids is 2. The Kier molecular flexibility index (Phi) is 8.19. The number of benzene rings is 1. The molecule has 42 heavy (non-hydrogen) atoms. The summed E-state index contributed by atoms with van der Waals surface area (Å²) in [4.78, 5) is 27.7. The summed E-state index contributed by atoms with van der Waals surface area (Å²) in [5.41, 5.74) is 2.64. The highest BCUT2D eigenvalue weighted by atomic mass is 32.2. The number of Topliss-reactive ketones (excluding diaryl/α,β-unsaturated/α-hetero) is 1. The molecule has 1 amide bonds. The Morgan fingerprint density at radius 2 is 1.74 bits per heavy atom. The van der Waals surface area contributed by atoms with Crippen molar-refractivity contribution in [1.82, 2.24) is 10.2 Å². The van der Waals surface area contributed by atoms with Crippen molar-refractivity contribution in [2.24, 2.45) is 17.3 Å². The lowest BCUT2D eigenvalue weighted by atomic mass is 9.42. The standard InChI is InChI=1S/C31H44F2N2O5S2/c1-20-6-7-25(27(37)28(4,5)41-10-8-35(9-11-41)22(3)36)13-26(20)30-16-23-12-24(17-30)15-29(14-23,18-30)19-34-21(2)31(32,33)42(38,39)40/h6-7,13,21,23-24,34H,8-12,14-19H2,1-5H3/p+1. The number of aryl methyl sites for hydroxylation is 1. The van der Waals surface area contributed by atoms with Crippen molar-refractivity contribution in [3.63, 3.8) is 0 Å². The number of halogens is 2. The molecule has 3 unspecified atom stereocenters. The highest BCUT2D eigenvalue weighted by Gasteiger charge is 2.59. The van der Waals surface area contributed by atoms with Crippen LogP contribution in [0.15, 0.2) is 18.2 Å². The molecule has 3 atom stereocenters. The highest BCUT2D eigenvalue weighted by Crippen LogP contribution is 2.66. The summed E-state index contributed by atoms with van der Waals surface area (Å²) < 4.78 is 59.8. The van der Waals surface area contributed by atoms with Gasteiger partial charge in [-0.3, -0.25) is 14.1 Å². The molecule has 6 rings (SSSR count). The van der Waals surface area contributed by atoms with Crippen LogP contribution in [-0.2, 0) is 31.2 Å². The summed E-state index contributed by atoms with van der Waals surface area (Å²) in [5.74, 6) is 2.77. The average molecular weight is 628 g/mol. The molecule has 1 aromatic rings. The maximum Gasteiger partial charge on any atom is 0.384 e. The number of rotatable bonds is 9. The van der Waals surface area contributed by atoms with Gasteiger partial charge in [0.2, 0.25) is 11.7 Å². The molecule has 1 heterocycles. The predicted molar refractivity (Wildman–Crippen MR) is 162 cm³/mol. The van der Waals surface area contributed by atoms with Gasteiger partial charge in [-0.2, -0.15) is 17.2 Å².